The van der Waals surface area contributed by atoms with E-state index in [0.717, 1.165) is 6.07 Å². The molecule has 0 atom stereocenters. The summed E-state index contributed by atoms with van der Waals surface area (Å²) < 4.78 is 0. The van der Waals surface area contributed by atoms with Gasteiger partial charge in [-0.25, -0.2) is 4.79 Å². The molecule has 0 bridgehead atoms. The van der Waals surface area contributed by atoms with E-state index in [1.165, 1.54) is 18.2 Å². The minimum atomic E-state index is -1.38. The molecule has 0 spiro atoms. The fourth-order valence-electron chi connectivity index (χ4n) is 0.779. The van der Waals surface area contributed by atoms with Gasteiger partial charge >= 0.3 is 57.4 Å². The van der Waals surface area contributed by atoms with Gasteiger partial charge in [-0.1, -0.05) is 12.1 Å². The van der Waals surface area contributed by atoms with Gasteiger partial charge in [0.1, 0.15) is 0 Å². The van der Waals surface area contributed by atoms with Crippen LogP contribution in [0, 0.1) is 0 Å². The van der Waals surface area contributed by atoms with E-state index in [9.17, 15) is 14.7 Å². The van der Waals surface area contributed by atoms with E-state index in [0.29, 0.717) is 7.92 Å². The van der Waals surface area contributed by atoms with E-state index in [-0.39, 0.29) is 68.0 Å². The smallest absolute Gasteiger partial charge is 0.545 e. The van der Waals surface area contributed by atoms with Crippen LogP contribution in [0.25, 0.3) is 0 Å². The zero-order valence-corrected chi connectivity index (χ0v) is 14.9. The summed E-state index contributed by atoms with van der Waals surface area (Å²) in [6.45, 7) is 6.69. The van der Waals surface area contributed by atoms with Crippen molar-refractivity contribution in [3.05, 3.63) is 35.4 Å². The molecule has 0 saturated carbocycles. The number of rotatable bonds is 2. The Labute approximate surface area is 150 Å². The van der Waals surface area contributed by atoms with E-state index >= 15 is 0 Å². The van der Waals surface area contributed by atoms with Gasteiger partial charge in [0.2, 0.25) is 0 Å². The first-order valence-electron chi connectivity index (χ1n) is 4.50. The molecule has 0 aliphatic heterocycles. The van der Waals surface area contributed by atoms with Gasteiger partial charge < -0.3 is 20.5 Å². The number of benzene rings is 1. The zero-order chi connectivity index (χ0) is 12.7. The first-order valence-corrected chi connectivity index (χ1v) is 7.18. The number of hydrogen-bond donors (Lipinski definition) is 1. The second-order valence-corrected chi connectivity index (χ2v) is 6.20. The largest absolute Gasteiger partial charge is 1.00 e. The van der Waals surface area contributed by atoms with E-state index in [4.69, 9.17) is 5.11 Å². The third kappa shape index (κ3) is 11.3. The Kier molecular flexibility index (Phi) is 15.8. The second kappa shape index (κ2) is 12.2. The van der Waals surface area contributed by atoms with Crippen molar-refractivity contribution in [3.8, 4) is 0 Å². The molecule has 3 N–H and O–H groups in total. The van der Waals surface area contributed by atoms with Crippen LogP contribution < -0.4 is 56.5 Å². The first kappa shape index (κ1) is 23.3. The third-order valence-corrected chi connectivity index (χ3v) is 1.35. The maximum absolute atomic E-state index is 10.4. The number of hydrogen-bond acceptors (Lipinski definition) is 3. The molecule has 0 amide bonds. The van der Waals surface area contributed by atoms with Crippen molar-refractivity contribution in [2.24, 2.45) is 0 Å². The van der Waals surface area contributed by atoms with Crippen molar-refractivity contribution in [1.29, 1.82) is 0 Å². The van der Waals surface area contributed by atoms with Gasteiger partial charge in [-0.3, -0.25) is 0 Å². The molecule has 0 radical (unpaired) electrons. The molecule has 96 valence electrons. The molecule has 0 fully saturated rings. The van der Waals surface area contributed by atoms with Gasteiger partial charge in [-0.2, -0.15) is 0 Å². The molecule has 1 aromatic carbocycles. The average molecular weight is 298 g/mol. The fourth-order valence-corrected chi connectivity index (χ4v) is 0.779. The minimum absolute atomic E-state index is 0. The van der Waals surface area contributed by atoms with Gasteiger partial charge in [-0.05, 0) is 37.7 Å². The summed E-state index contributed by atoms with van der Waals surface area (Å²) in [6.07, 6.45) is 0. The van der Waals surface area contributed by atoms with Crippen molar-refractivity contribution in [3.63, 3.8) is 0 Å². The summed E-state index contributed by atoms with van der Waals surface area (Å²) >= 11 is 0. The van der Waals surface area contributed by atoms with E-state index < -0.39 is 11.9 Å². The molecule has 0 saturated heterocycles. The summed E-state index contributed by atoms with van der Waals surface area (Å²) in [6, 6.07) is 5.00. The molecule has 0 unspecified atom stereocenters. The number of carbonyl (C=O) groups excluding carboxylic acids is 1. The zero-order valence-electron chi connectivity index (χ0n) is 10.9. The van der Waals surface area contributed by atoms with E-state index in [1.54, 1.807) is 0 Å². The number of carboxylic acids is 2. The van der Waals surface area contributed by atoms with Crippen LogP contribution in [0.15, 0.2) is 24.3 Å². The van der Waals surface area contributed by atoms with Crippen molar-refractivity contribution < 1.29 is 76.7 Å². The van der Waals surface area contributed by atoms with Gasteiger partial charge in [0.15, 0.2) is 0 Å². The van der Waals surface area contributed by atoms with Crippen LogP contribution in [-0.4, -0.2) is 42.5 Å². The summed E-state index contributed by atoms with van der Waals surface area (Å²) in [4.78, 5) is 20.6. The minimum Gasteiger partial charge on any atom is -0.545 e. The Balaban J connectivity index is -0.000000332. The molecule has 0 aliphatic rings. The molecule has 18 heavy (non-hydrogen) atoms. The number of carbonyl (C=O) groups is 2. The van der Waals surface area contributed by atoms with Crippen LogP contribution in [0.1, 0.15) is 20.7 Å². The summed E-state index contributed by atoms with van der Waals surface area (Å²) in [5.74, 6) is -2.53. The predicted octanol–water partition coefficient (Wildman–Crippen LogP) is -2.71. The third-order valence-electron chi connectivity index (χ3n) is 1.35. The Morgan fingerprint density at radius 3 is 1.89 bits per heavy atom. The maximum Gasteiger partial charge on any atom is 1.00 e. The predicted molar refractivity (Wildman–Crippen MR) is 66.0 cm³/mol. The quantitative estimate of drug-likeness (QED) is 0.473. The normalized spacial score (nSPS) is 8.22. The molecule has 1 rings (SSSR count). The van der Waals surface area contributed by atoms with Crippen LogP contribution >= 0.6 is 7.92 Å². The van der Waals surface area contributed by atoms with Crippen LogP contribution in [-0.2, 0) is 0 Å². The molecule has 0 aromatic heterocycles. The van der Waals surface area contributed by atoms with Crippen molar-refractivity contribution in [1.82, 2.24) is 0 Å². The van der Waals surface area contributed by atoms with E-state index in [2.05, 4.69) is 20.0 Å². The van der Waals surface area contributed by atoms with Crippen LogP contribution in [0.5, 0.6) is 0 Å². The Bertz CT molecular complexity index is 349. The molecule has 1 aromatic rings. The Morgan fingerprint density at radius 2 is 1.56 bits per heavy atom. The molecule has 0 heterocycles. The van der Waals surface area contributed by atoms with Gasteiger partial charge in [0, 0.05) is 0 Å². The molecular weight excluding hydrogens is 282 g/mol. The van der Waals surface area contributed by atoms with Crippen molar-refractivity contribution >= 4 is 19.9 Å². The van der Waals surface area contributed by atoms with Crippen molar-refractivity contribution in [2.75, 3.05) is 20.0 Å². The number of aromatic carboxylic acids is 2. The van der Waals surface area contributed by atoms with Gasteiger partial charge in [-0.15, -0.1) is 7.92 Å². The van der Waals surface area contributed by atoms with Gasteiger partial charge in [0.05, 0.1) is 11.5 Å². The first-order chi connectivity index (χ1) is 7.34. The van der Waals surface area contributed by atoms with Gasteiger partial charge in [0.25, 0.3) is 0 Å². The molecular formula is C11H16KO5P. The summed E-state index contributed by atoms with van der Waals surface area (Å²) in [5.41, 5.74) is -0.188. The standard InChI is InChI=1S/C8H6O4.C3H9P.K.H2O/c9-7(10)5-2-1-3-6(4-5)8(11)12;1-4(2)3;;/h1-4H,(H,9,10)(H,11,12);1-3H3;;1H2/q;;+1;/p-1. The maximum atomic E-state index is 10.4. The summed E-state index contributed by atoms with van der Waals surface area (Å²) in [5, 5.41) is 18.7. The fraction of sp³-hybridized carbons (Fsp3) is 0.273. The average Bonchev–Trinajstić information content (AvgIpc) is 2.17. The second-order valence-electron chi connectivity index (χ2n) is 3.52. The van der Waals surface area contributed by atoms with Crippen LogP contribution in [0.4, 0.5) is 0 Å². The molecule has 5 nitrogen and oxygen atoms in total. The topological polar surface area (TPSA) is 109 Å². The molecule has 7 heteroatoms. The van der Waals surface area contributed by atoms with Crippen molar-refractivity contribution in [2.45, 2.75) is 0 Å². The Hall–Kier alpha value is 0.186. The Morgan fingerprint density at radius 1 is 1.17 bits per heavy atom. The monoisotopic (exact) mass is 298 g/mol. The van der Waals surface area contributed by atoms with Crippen LogP contribution in [0.3, 0.4) is 0 Å². The summed E-state index contributed by atoms with van der Waals surface area (Å²) in [7, 11) is 0.380. The SMILES string of the molecule is CP(C)C.O.O=C([O-])c1cccc(C(=O)O)c1.[K+]. The molecule has 0 aliphatic carbocycles. The van der Waals surface area contributed by atoms with E-state index in [1.807, 2.05) is 0 Å². The van der Waals surface area contributed by atoms with Crippen LogP contribution in [0.2, 0.25) is 0 Å². The number of carboxylic acid groups (broad SMARTS) is 2.